The van der Waals surface area contributed by atoms with Crippen LogP contribution in [0.25, 0.3) is 5.82 Å². The van der Waals surface area contributed by atoms with Crippen LogP contribution in [0.1, 0.15) is 11.4 Å². The number of nitrogens with zero attached hydrogens (tertiary/aromatic N) is 3. The van der Waals surface area contributed by atoms with Crippen molar-refractivity contribution in [2.24, 2.45) is 0 Å². The summed E-state index contributed by atoms with van der Waals surface area (Å²) in [6.45, 7) is 3.75. The first-order valence-corrected chi connectivity index (χ1v) is 8.07. The Morgan fingerprint density at radius 3 is 2.68 bits per heavy atom. The molecule has 0 aliphatic rings. The molecule has 1 amide bonds. The summed E-state index contributed by atoms with van der Waals surface area (Å²) < 4.78 is 7.16. The molecule has 2 aromatic heterocycles. The van der Waals surface area contributed by atoms with Gasteiger partial charge in [-0.1, -0.05) is 23.7 Å². The third kappa shape index (κ3) is 4.16. The molecule has 3 rings (SSSR count). The van der Waals surface area contributed by atoms with Gasteiger partial charge in [0.2, 0.25) is 0 Å². The highest BCUT2D eigenvalue weighted by atomic mass is 35.5. The zero-order valence-electron chi connectivity index (χ0n) is 13.9. The van der Waals surface area contributed by atoms with E-state index in [-0.39, 0.29) is 12.5 Å². The van der Waals surface area contributed by atoms with E-state index < -0.39 is 0 Å². The number of hydrogen-bond donors (Lipinski definition) is 1. The highest BCUT2D eigenvalue weighted by Gasteiger charge is 2.08. The van der Waals surface area contributed by atoms with E-state index in [4.69, 9.17) is 16.3 Å². The molecule has 0 atom stereocenters. The van der Waals surface area contributed by atoms with Crippen molar-refractivity contribution in [3.8, 4) is 11.6 Å². The first-order chi connectivity index (χ1) is 12.0. The largest absolute Gasteiger partial charge is 0.482 e. The third-order valence-corrected chi connectivity index (χ3v) is 3.77. The summed E-state index contributed by atoms with van der Waals surface area (Å²) in [6, 6.07) is 12.5. The highest BCUT2D eigenvalue weighted by Crippen LogP contribution is 2.23. The number of hydrogen-bond acceptors (Lipinski definition) is 4. The smallest absolute Gasteiger partial charge is 0.262 e. The monoisotopic (exact) mass is 356 g/mol. The van der Waals surface area contributed by atoms with E-state index in [1.54, 1.807) is 47.3 Å². The van der Waals surface area contributed by atoms with Crippen molar-refractivity contribution in [3.05, 3.63) is 65.1 Å². The SMILES string of the molecule is Cc1cc(C)n(-c2ccc(NC(=O)COc3ccccc3Cl)cn2)n1. The summed E-state index contributed by atoms with van der Waals surface area (Å²) in [7, 11) is 0. The lowest BCUT2D eigenvalue weighted by atomic mass is 10.3. The van der Waals surface area contributed by atoms with Crippen LogP contribution in [-0.4, -0.2) is 27.3 Å². The van der Waals surface area contributed by atoms with Crippen molar-refractivity contribution < 1.29 is 9.53 Å². The quantitative estimate of drug-likeness (QED) is 0.759. The van der Waals surface area contributed by atoms with Crippen LogP contribution in [0, 0.1) is 13.8 Å². The number of anilines is 1. The van der Waals surface area contributed by atoms with Gasteiger partial charge < -0.3 is 10.1 Å². The van der Waals surface area contributed by atoms with E-state index in [0.717, 1.165) is 11.4 Å². The summed E-state index contributed by atoms with van der Waals surface area (Å²) in [5.74, 6) is 0.869. The molecule has 3 aromatic rings. The van der Waals surface area contributed by atoms with Gasteiger partial charge in [0.15, 0.2) is 12.4 Å². The highest BCUT2D eigenvalue weighted by molar-refractivity contribution is 6.32. The Labute approximate surface area is 150 Å². The molecule has 0 radical (unpaired) electrons. The predicted octanol–water partition coefficient (Wildman–Crippen LogP) is 3.56. The number of para-hydroxylation sites is 1. The minimum Gasteiger partial charge on any atom is -0.482 e. The average Bonchev–Trinajstić information content (AvgIpc) is 2.93. The summed E-state index contributed by atoms with van der Waals surface area (Å²) in [5, 5.41) is 7.57. The standard InChI is InChI=1S/C18H17ClN4O2/c1-12-9-13(2)23(22-12)17-8-7-14(10-20-17)21-18(24)11-25-16-6-4-3-5-15(16)19/h3-10H,11H2,1-2H3,(H,21,24). The fraction of sp³-hybridized carbons (Fsp3) is 0.167. The van der Waals surface area contributed by atoms with Gasteiger partial charge in [-0.2, -0.15) is 5.10 Å². The minimum atomic E-state index is -0.291. The van der Waals surface area contributed by atoms with E-state index in [9.17, 15) is 4.79 Å². The van der Waals surface area contributed by atoms with Gasteiger partial charge in [-0.25, -0.2) is 9.67 Å². The van der Waals surface area contributed by atoms with Crippen LogP contribution in [0.4, 0.5) is 5.69 Å². The van der Waals surface area contributed by atoms with E-state index in [1.807, 2.05) is 19.9 Å². The molecule has 0 aliphatic carbocycles. The molecular weight excluding hydrogens is 340 g/mol. The number of pyridine rings is 1. The van der Waals surface area contributed by atoms with Gasteiger partial charge in [-0.05, 0) is 44.2 Å². The molecule has 0 saturated carbocycles. The maximum Gasteiger partial charge on any atom is 0.262 e. The van der Waals surface area contributed by atoms with Gasteiger partial charge in [0.25, 0.3) is 5.91 Å². The average molecular weight is 357 g/mol. The molecule has 6 nitrogen and oxygen atoms in total. The maximum atomic E-state index is 12.0. The van der Waals surface area contributed by atoms with Crippen LogP contribution in [0.3, 0.4) is 0 Å². The molecule has 128 valence electrons. The third-order valence-electron chi connectivity index (χ3n) is 3.45. The van der Waals surface area contributed by atoms with Crippen LogP contribution in [-0.2, 0) is 4.79 Å². The lowest BCUT2D eigenvalue weighted by Crippen LogP contribution is -2.20. The number of carbonyl (C=O) groups excluding carboxylic acids is 1. The summed E-state index contributed by atoms with van der Waals surface area (Å²) in [6.07, 6.45) is 1.58. The van der Waals surface area contributed by atoms with Crippen LogP contribution in [0.15, 0.2) is 48.7 Å². The van der Waals surface area contributed by atoms with Gasteiger partial charge in [-0.3, -0.25) is 4.79 Å². The molecule has 0 unspecified atom stereocenters. The molecule has 0 bridgehead atoms. The molecular formula is C18H17ClN4O2. The van der Waals surface area contributed by atoms with E-state index in [0.29, 0.717) is 22.3 Å². The number of carbonyl (C=O) groups is 1. The Balaban J connectivity index is 1.60. The number of aryl methyl sites for hydroxylation is 2. The number of nitrogens with one attached hydrogen (secondary N) is 1. The van der Waals surface area contributed by atoms with Crippen molar-refractivity contribution in [2.75, 3.05) is 11.9 Å². The molecule has 0 aliphatic heterocycles. The van der Waals surface area contributed by atoms with Gasteiger partial charge in [-0.15, -0.1) is 0 Å². The molecule has 7 heteroatoms. The number of rotatable bonds is 5. The van der Waals surface area contributed by atoms with Gasteiger partial charge in [0.05, 0.1) is 22.6 Å². The van der Waals surface area contributed by atoms with Crippen LogP contribution in [0.5, 0.6) is 5.75 Å². The number of benzene rings is 1. The number of amides is 1. The Hall–Kier alpha value is -2.86. The Kier molecular flexibility index (Phi) is 5.00. The van der Waals surface area contributed by atoms with Gasteiger partial charge in [0.1, 0.15) is 5.75 Å². The summed E-state index contributed by atoms with van der Waals surface area (Å²) in [4.78, 5) is 16.3. The first kappa shape index (κ1) is 17.0. The maximum absolute atomic E-state index is 12.0. The van der Waals surface area contributed by atoms with Crippen LogP contribution in [0.2, 0.25) is 5.02 Å². The number of aromatic nitrogens is 3. The second-order valence-corrected chi connectivity index (χ2v) is 5.92. The lowest BCUT2D eigenvalue weighted by Gasteiger charge is -2.09. The van der Waals surface area contributed by atoms with E-state index >= 15 is 0 Å². The van der Waals surface area contributed by atoms with E-state index in [2.05, 4.69) is 15.4 Å². The molecule has 25 heavy (non-hydrogen) atoms. The molecule has 0 fully saturated rings. The Bertz CT molecular complexity index is 890. The fourth-order valence-corrected chi connectivity index (χ4v) is 2.54. The minimum absolute atomic E-state index is 0.136. The van der Waals surface area contributed by atoms with Crippen molar-refractivity contribution in [1.82, 2.24) is 14.8 Å². The van der Waals surface area contributed by atoms with Gasteiger partial charge >= 0.3 is 0 Å². The summed E-state index contributed by atoms with van der Waals surface area (Å²) in [5.41, 5.74) is 2.50. The van der Waals surface area contributed by atoms with E-state index in [1.165, 1.54) is 0 Å². The summed E-state index contributed by atoms with van der Waals surface area (Å²) >= 11 is 5.98. The second kappa shape index (κ2) is 7.36. The molecule has 0 saturated heterocycles. The van der Waals surface area contributed by atoms with Crippen LogP contribution >= 0.6 is 11.6 Å². The first-order valence-electron chi connectivity index (χ1n) is 7.70. The molecule has 1 aromatic carbocycles. The molecule has 2 heterocycles. The van der Waals surface area contributed by atoms with Crippen LogP contribution < -0.4 is 10.1 Å². The van der Waals surface area contributed by atoms with Crippen molar-refractivity contribution in [3.63, 3.8) is 0 Å². The number of ether oxygens (including phenoxy) is 1. The zero-order chi connectivity index (χ0) is 17.8. The normalized spacial score (nSPS) is 10.5. The zero-order valence-corrected chi connectivity index (χ0v) is 14.6. The lowest BCUT2D eigenvalue weighted by molar-refractivity contribution is -0.118. The Morgan fingerprint density at radius 2 is 2.04 bits per heavy atom. The molecule has 1 N–H and O–H groups in total. The predicted molar refractivity (Wildman–Crippen MR) is 96.4 cm³/mol. The van der Waals surface area contributed by atoms with Crippen molar-refractivity contribution >= 4 is 23.2 Å². The molecule has 0 spiro atoms. The van der Waals surface area contributed by atoms with Gasteiger partial charge in [0, 0.05) is 5.69 Å². The van der Waals surface area contributed by atoms with Crippen molar-refractivity contribution in [2.45, 2.75) is 13.8 Å². The van der Waals surface area contributed by atoms with Crippen molar-refractivity contribution in [1.29, 1.82) is 0 Å². The topological polar surface area (TPSA) is 69.0 Å². The number of halogens is 1. The second-order valence-electron chi connectivity index (χ2n) is 5.51. The fourth-order valence-electron chi connectivity index (χ4n) is 2.35. The Morgan fingerprint density at radius 1 is 1.24 bits per heavy atom.